The van der Waals surface area contributed by atoms with Gasteiger partial charge in [-0.2, -0.15) is 0 Å². The topological polar surface area (TPSA) is 77.6 Å². The van der Waals surface area contributed by atoms with Gasteiger partial charge in [-0.1, -0.05) is 0 Å². The van der Waals surface area contributed by atoms with E-state index < -0.39 is 6.10 Å². The molecule has 0 amide bonds. The van der Waals surface area contributed by atoms with Crippen LogP contribution < -0.4 is 15.2 Å². The zero-order valence-corrected chi connectivity index (χ0v) is 8.93. The molecule has 0 radical (unpaired) electrons. The molecule has 1 aromatic heterocycles. The average molecular weight is 212 g/mol. The van der Waals surface area contributed by atoms with Crippen molar-refractivity contribution < 1.29 is 14.6 Å². The Morgan fingerprint density at radius 1 is 1.33 bits per heavy atom. The molecule has 0 saturated carbocycles. The molecule has 15 heavy (non-hydrogen) atoms. The summed E-state index contributed by atoms with van der Waals surface area (Å²) in [5, 5.41) is 9.88. The molecule has 0 aliphatic heterocycles. The Morgan fingerprint density at radius 2 is 1.87 bits per heavy atom. The summed E-state index contributed by atoms with van der Waals surface area (Å²) in [6.45, 7) is 0.399. The Labute approximate surface area is 88.8 Å². The van der Waals surface area contributed by atoms with Gasteiger partial charge in [-0.25, -0.2) is 0 Å². The van der Waals surface area contributed by atoms with Crippen LogP contribution in [0.3, 0.4) is 0 Å². The van der Waals surface area contributed by atoms with Crippen LogP contribution in [-0.2, 0) is 0 Å². The van der Waals surface area contributed by atoms with Gasteiger partial charge in [-0.05, 0) is 13.0 Å². The predicted molar refractivity (Wildman–Crippen MR) is 56.0 cm³/mol. The van der Waals surface area contributed by atoms with Crippen LogP contribution in [-0.4, -0.2) is 30.9 Å². The smallest absolute Gasteiger partial charge is 0.146 e. The van der Waals surface area contributed by atoms with E-state index in [-0.39, 0.29) is 0 Å². The Morgan fingerprint density at radius 3 is 2.27 bits per heavy atom. The number of rotatable bonds is 5. The molecule has 3 N–H and O–H groups in total. The number of nitrogens with zero attached hydrogens (tertiary/aromatic N) is 1. The Balaban J connectivity index is 3.09. The molecule has 1 rings (SSSR count). The average Bonchev–Trinajstić information content (AvgIpc) is 2.28. The quantitative estimate of drug-likeness (QED) is 0.742. The fourth-order valence-corrected chi connectivity index (χ4v) is 1.39. The van der Waals surface area contributed by atoms with Gasteiger partial charge in [0, 0.05) is 0 Å². The molecular formula is C10H16N2O3. The van der Waals surface area contributed by atoms with Gasteiger partial charge in [0.25, 0.3) is 0 Å². The van der Waals surface area contributed by atoms with Crippen LogP contribution in [0.4, 0.5) is 0 Å². The Hall–Kier alpha value is -1.33. The molecule has 84 valence electrons. The lowest BCUT2D eigenvalue weighted by atomic mass is 10.1. The molecular weight excluding hydrogens is 196 g/mol. The van der Waals surface area contributed by atoms with Gasteiger partial charge >= 0.3 is 0 Å². The van der Waals surface area contributed by atoms with Crippen LogP contribution in [0.1, 0.15) is 18.1 Å². The van der Waals surface area contributed by atoms with Crippen molar-refractivity contribution in [3.8, 4) is 11.5 Å². The number of aliphatic hydroxyl groups excluding tert-OH is 1. The number of aliphatic hydroxyl groups is 1. The van der Waals surface area contributed by atoms with Crippen molar-refractivity contribution in [1.82, 2.24) is 4.98 Å². The van der Waals surface area contributed by atoms with E-state index in [0.717, 1.165) is 0 Å². The van der Waals surface area contributed by atoms with Crippen molar-refractivity contribution >= 4 is 0 Å². The van der Waals surface area contributed by atoms with Crippen molar-refractivity contribution in [3.05, 3.63) is 18.0 Å². The van der Waals surface area contributed by atoms with Gasteiger partial charge in [0.15, 0.2) is 0 Å². The predicted octanol–water partition coefficient (Wildman–Crippen LogP) is 0.481. The fraction of sp³-hybridized carbons (Fsp3) is 0.500. The van der Waals surface area contributed by atoms with Gasteiger partial charge in [0.05, 0.1) is 38.3 Å². The van der Waals surface area contributed by atoms with Crippen LogP contribution in [0.15, 0.2) is 12.4 Å². The first-order valence-corrected chi connectivity index (χ1v) is 4.68. The lowest BCUT2D eigenvalue weighted by Gasteiger charge is -2.16. The number of pyridine rings is 1. The van der Waals surface area contributed by atoms with Crippen molar-refractivity contribution in [2.24, 2.45) is 5.73 Å². The molecule has 0 bridgehead atoms. The van der Waals surface area contributed by atoms with Gasteiger partial charge in [-0.15, -0.1) is 0 Å². The zero-order valence-electron chi connectivity index (χ0n) is 8.93. The molecule has 0 saturated heterocycles. The molecule has 1 heterocycles. The van der Waals surface area contributed by atoms with Gasteiger partial charge in [0.1, 0.15) is 11.5 Å². The minimum Gasteiger partial charge on any atom is -0.495 e. The molecule has 1 atom stereocenters. The van der Waals surface area contributed by atoms with Gasteiger partial charge in [-0.3, -0.25) is 4.98 Å². The van der Waals surface area contributed by atoms with E-state index in [9.17, 15) is 5.11 Å². The summed E-state index contributed by atoms with van der Waals surface area (Å²) < 4.78 is 10.2. The third-order valence-corrected chi connectivity index (χ3v) is 2.13. The normalized spacial score (nSPS) is 12.3. The molecule has 1 aromatic rings. The van der Waals surface area contributed by atoms with E-state index in [1.54, 1.807) is 0 Å². The Kier molecular flexibility index (Phi) is 4.33. The summed E-state index contributed by atoms with van der Waals surface area (Å²) in [5.41, 5.74) is 5.99. The molecule has 0 aromatic carbocycles. The second kappa shape index (κ2) is 5.53. The maximum Gasteiger partial charge on any atom is 0.146 e. The third-order valence-electron chi connectivity index (χ3n) is 2.13. The summed E-state index contributed by atoms with van der Waals surface area (Å²) in [5.74, 6) is 1.02. The van der Waals surface area contributed by atoms with E-state index in [0.29, 0.717) is 30.0 Å². The third kappa shape index (κ3) is 2.57. The molecule has 5 heteroatoms. The number of hydrogen-bond donors (Lipinski definition) is 2. The first-order valence-electron chi connectivity index (χ1n) is 4.68. The molecule has 5 nitrogen and oxygen atoms in total. The maximum atomic E-state index is 9.88. The number of aromatic nitrogens is 1. The van der Waals surface area contributed by atoms with Crippen LogP contribution in [0.5, 0.6) is 11.5 Å². The highest BCUT2D eigenvalue weighted by Gasteiger charge is 2.18. The largest absolute Gasteiger partial charge is 0.495 e. The second-order valence-corrected chi connectivity index (χ2v) is 3.05. The lowest BCUT2D eigenvalue weighted by molar-refractivity contribution is 0.161. The summed E-state index contributed by atoms with van der Waals surface area (Å²) in [7, 11) is 3.05. The molecule has 0 fully saturated rings. The summed E-state index contributed by atoms with van der Waals surface area (Å²) in [4.78, 5) is 3.94. The van der Waals surface area contributed by atoms with E-state index in [1.165, 1.54) is 26.6 Å². The maximum absolute atomic E-state index is 9.88. The minimum atomic E-state index is -0.692. The highest BCUT2D eigenvalue weighted by Crippen LogP contribution is 2.33. The van der Waals surface area contributed by atoms with Gasteiger partial charge < -0.3 is 20.3 Å². The van der Waals surface area contributed by atoms with E-state index in [1.807, 2.05) is 0 Å². The highest BCUT2D eigenvalue weighted by molar-refractivity contribution is 5.43. The van der Waals surface area contributed by atoms with Crippen LogP contribution in [0.25, 0.3) is 0 Å². The number of hydrogen-bond acceptors (Lipinski definition) is 5. The highest BCUT2D eigenvalue weighted by atomic mass is 16.5. The first kappa shape index (κ1) is 11.7. The molecule has 0 unspecified atom stereocenters. The lowest BCUT2D eigenvalue weighted by Crippen LogP contribution is -2.09. The summed E-state index contributed by atoms with van der Waals surface area (Å²) in [6.07, 6.45) is 2.84. The fourth-order valence-electron chi connectivity index (χ4n) is 1.39. The SMILES string of the molecule is COc1cncc(OC)c1[C@@H](O)CCN. The molecule has 0 aliphatic carbocycles. The molecule has 0 spiro atoms. The van der Waals surface area contributed by atoms with Crippen molar-refractivity contribution in [3.63, 3.8) is 0 Å². The minimum absolute atomic E-state index is 0.399. The standard InChI is InChI=1S/C10H16N2O3/c1-14-8-5-12-6-9(15-2)10(8)7(13)3-4-11/h5-7,13H,3-4,11H2,1-2H3/t7-/m0/s1. The monoisotopic (exact) mass is 212 g/mol. The van der Waals surface area contributed by atoms with Gasteiger partial charge in [0.2, 0.25) is 0 Å². The number of nitrogens with two attached hydrogens (primary N) is 1. The second-order valence-electron chi connectivity index (χ2n) is 3.05. The summed E-state index contributed by atoms with van der Waals surface area (Å²) in [6, 6.07) is 0. The van der Waals surface area contributed by atoms with E-state index in [4.69, 9.17) is 15.2 Å². The van der Waals surface area contributed by atoms with E-state index >= 15 is 0 Å². The summed E-state index contributed by atoms with van der Waals surface area (Å²) >= 11 is 0. The van der Waals surface area contributed by atoms with Crippen LogP contribution in [0, 0.1) is 0 Å². The first-order chi connectivity index (χ1) is 7.24. The zero-order chi connectivity index (χ0) is 11.3. The van der Waals surface area contributed by atoms with Crippen molar-refractivity contribution in [1.29, 1.82) is 0 Å². The number of methoxy groups -OCH3 is 2. The van der Waals surface area contributed by atoms with Crippen molar-refractivity contribution in [2.75, 3.05) is 20.8 Å². The Bertz CT molecular complexity index is 295. The van der Waals surface area contributed by atoms with Crippen LogP contribution >= 0.6 is 0 Å². The van der Waals surface area contributed by atoms with Crippen molar-refractivity contribution in [2.45, 2.75) is 12.5 Å². The van der Waals surface area contributed by atoms with Crippen LogP contribution in [0.2, 0.25) is 0 Å². The molecule has 0 aliphatic rings. The number of ether oxygens (including phenoxy) is 2. The van der Waals surface area contributed by atoms with E-state index in [2.05, 4.69) is 4.98 Å².